The third-order valence-electron chi connectivity index (χ3n) is 5.74. The highest BCUT2D eigenvalue weighted by atomic mass is 19.1. The van der Waals surface area contributed by atoms with Crippen molar-refractivity contribution in [2.45, 2.75) is 32.6 Å². The zero-order valence-corrected chi connectivity index (χ0v) is 18.8. The van der Waals surface area contributed by atoms with Gasteiger partial charge in [-0.3, -0.25) is 4.79 Å². The number of rotatable bonds is 6. The number of fused-ring (bicyclic) bond motifs is 1. The summed E-state index contributed by atoms with van der Waals surface area (Å²) in [6.07, 6.45) is 2.67. The number of aromatic nitrogens is 5. The van der Waals surface area contributed by atoms with E-state index in [2.05, 4.69) is 32.5 Å². The lowest BCUT2D eigenvalue weighted by Crippen LogP contribution is -2.25. The number of hydrogen-bond acceptors (Lipinski definition) is 6. The van der Waals surface area contributed by atoms with Crippen molar-refractivity contribution in [1.29, 1.82) is 0 Å². The van der Waals surface area contributed by atoms with Crippen LogP contribution in [0.15, 0.2) is 54.7 Å². The molecular formula is C25H23FN6O2. The Morgan fingerprint density at radius 1 is 1.18 bits per heavy atom. The molecule has 0 bridgehead atoms. The van der Waals surface area contributed by atoms with E-state index in [9.17, 15) is 9.18 Å². The highest BCUT2D eigenvalue weighted by Gasteiger charge is 2.34. The molecule has 1 aliphatic rings. The number of halogens is 1. The number of nitrogens with zero attached hydrogens (tertiary/aromatic N) is 5. The predicted octanol–water partition coefficient (Wildman–Crippen LogP) is 4.43. The van der Waals surface area contributed by atoms with E-state index in [0.29, 0.717) is 23.7 Å². The molecule has 4 aromatic rings. The number of ether oxygens (including phenoxy) is 1. The van der Waals surface area contributed by atoms with E-state index >= 15 is 0 Å². The summed E-state index contributed by atoms with van der Waals surface area (Å²) in [6, 6.07) is 13.8. The van der Waals surface area contributed by atoms with Crippen LogP contribution < -0.4 is 10.1 Å². The first kappa shape index (κ1) is 21.7. The Morgan fingerprint density at radius 2 is 1.97 bits per heavy atom. The minimum Gasteiger partial charge on any atom is -0.493 e. The standard InChI is InChI=1S/C25H23FN6O2/c1-3-12-34-21-7-5-4-6-18(21)19-13-22(33)29-24-23(19)15(2)31-32(24)25-28-20(14-27-30-25)16-8-10-17(26)11-9-16/h4-11,14,19H,3,12-13H2,1-2H3,(H,29,33). The third-order valence-corrected chi connectivity index (χ3v) is 5.74. The van der Waals surface area contributed by atoms with Crippen LogP contribution in [0.4, 0.5) is 10.2 Å². The van der Waals surface area contributed by atoms with Crippen molar-refractivity contribution in [1.82, 2.24) is 25.0 Å². The minimum atomic E-state index is -0.334. The number of amides is 1. The molecule has 5 rings (SSSR count). The lowest BCUT2D eigenvalue weighted by atomic mass is 9.85. The van der Waals surface area contributed by atoms with Gasteiger partial charge in [-0.2, -0.15) is 14.9 Å². The van der Waals surface area contributed by atoms with Crippen LogP contribution in [0, 0.1) is 12.7 Å². The lowest BCUT2D eigenvalue weighted by Gasteiger charge is -2.25. The molecule has 9 heteroatoms. The van der Waals surface area contributed by atoms with Gasteiger partial charge in [0.05, 0.1) is 24.2 Å². The molecule has 1 amide bonds. The Morgan fingerprint density at radius 3 is 2.76 bits per heavy atom. The molecule has 172 valence electrons. The maximum Gasteiger partial charge on any atom is 0.272 e. The largest absolute Gasteiger partial charge is 0.493 e. The molecule has 1 aliphatic heterocycles. The van der Waals surface area contributed by atoms with Gasteiger partial charge in [0.15, 0.2) is 0 Å². The number of para-hydroxylation sites is 1. The van der Waals surface area contributed by atoms with Crippen LogP contribution in [0.2, 0.25) is 0 Å². The highest BCUT2D eigenvalue weighted by Crippen LogP contribution is 2.42. The van der Waals surface area contributed by atoms with Gasteiger partial charge < -0.3 is 10.1 Å². The van der Waals surface area contributed by atoms with E-state index in [1.807, 2.05) is 31.2 Å². The summed E-state index contributed by atoms with van der Waals surface area (Å²) >= 11 is 0. The van der Waals surface area contributed by atoms with Crippen LogP contribution in [0.3, 0.4) is 0 Å². The van der Waals surface area contributed by atoms with Gasteiger partial charge in [0, 0.05) is 29.0 Å². The average molecular weight is 458 g/mol. The molecule has 0 radical (unpaired) electrons. The smallest absolute Gasteiger partial charge is 0.272 e. The van der Waals surface area contributed by atoms with Gasteiger partial charge in [-0.25, -0.2) is 9.37 Å². The van der Waals surface area contributed by atoms with Crippen LogP contribution in [-0.2, 0) is 4.79 Å². The van der Waals surface area contributed by atoms with E-state index < -0.39 is 0 Å². The van der Waals surface area contributed by atoms with Gasteiger partial charge in [-0.05, 0) is 43.7 Å². The van der Waals surface area contributed by atoms with E-state index in [0.717, 1.165) is 29.0 Å². The van der Waals surface area contributed by atoms with Gasteiger partial charge in [-0.1, -0.05) is 25.1 Å². The number of anilines is 1. The van der Waals surface area contributed by atoms with Crippen LogP contribution >= 0.6 is 0 Å². The lowest BCUT2D eigenvalue weighted by molar-refractivity contribution is -0.116. The first-order valence-corrected chi connectivity index (χ1v) is 11.1. The molecule has 0 saturated carbocycles. The minimum absolute atomic E-state index is 0.133. The Balaban J connectivity index is 1.59. The summed E-state index contributed by atoms with van der Waals surface area (Å²) in [7, 11) is 0. The maximum atomic E-state index is 13.3. The van der Waals surface area contributed by atoms with Crippen molar-refractivity contribution >= 4 is 11.7 Å². The SMILES string of the molecule is CCCOc1ccccc1C1CC(=O)Nc2c1c(C)nn2-c1nncc(-c2ccc(F)cc2)n1. The number of carbonyl (C=O) groups excluding carboxylic acids is 1. The zero-order chi connectivity index (χ0) is 23.7. The van der Waals surface area contributed by atoms with Crippen molar-refractivity contribution in [3.8, 4) is 23.0 Å². The monoisotopic (exact) mass is 458 g/mol. The van der Waals surface area contributed by atoms with Crippen LogP contribution in [0.5, 0.6) is 5.75 Å². The summed E-state index contributed by atoms with van der Waals surface area (Å²) in [5.74, 6) is 0.799. The van der Waals surface area contributed by atoms with Crippen molar-refractivity contribution in [2.24, 2.45) is 0 Å². The fraction of sp³-hybridized carbons (Fsp3) is 0.240. The zero-order valence-electron chi connectivity index (χ0n) is 18.8. The molecule has 3 heterocycles. The average Bonchev–Trinajstić information content (AvgIpc) is 3.19. The Hall–Kier alpha value is -4.14. The van der Waals surface area contributed by atoms with Crippen molar-refractivity contribution < 1.29 is 13.9 Å². The molecular weight excluding hydrogens is 435 g/mol. The van der Waals surface area contributed by atoms with Crippen molar-refractivity contribution in [2.75, 3.05) is 11.9 Å². The van der Waals surface area contributed by atoms with Gasteiger partial charge >= 0.3 is 0 Å². The van der Waals surface area contributed by atoms with Gasteiger partial charge in [0.25, 0.3) is 5.95 Å². The predicted molar refractivity (Wildman–Crippen MR) is 124 cm³/mol. The Bertz CT molecular complexity index is 1350. The second kappa shape index (κ2) is 9.01. The molecule has 34 heavy (non-hydrogen) atoms. The Labute approximate surface area is 195 Å². The topological polar surface area (TPSA) is 94.8 Å². The van der Waals surface area contributed by atoms with E-state index in [-0.39, 0.29) is 30.0 Å². The maximum absolute atomic E-state index is 13.3. The fourth-order valence-electron chi connectivity index (χ4n) is 4.21. The summed E-state index contributed by atoms with van der Waals surface area (Å²) < 4.78 is 20.8. The van der Waals surface area contributed by atoms with Crippen LogP contribution in [0.25, 0.3) is 17.2 Å². The number of carbonyl (C=O) groups is 1. The molecule has 1 N–H and O–H groups in total. The molecule has 2 aromatic carbocycles. The van der Waals surface area contributed by atoms with E-state index in [4.69, 9.17) is 4.74 Å². The quantitative estimate of drug-likeness (QED) is 0.459. The normalized spacial score (nSPS) is 15.0. The molecule has 0 fully saturated rings. The van der Waals surface area contributed by atoms with Gasteiger partial charge in [-0.15, -0.1) is 5.10 Å². The fourth-order valence-corrected chi connectivity index (χ4v) is 4.21. The molecule has 0 saturated heterocycles. The van der Waals surface area contributed by atoms with E-state index in [1.54, 1.807) is 12.1 Å². The number of aryl methyl sites for hydroxylation is 1. The van der Waals surface area contributed by atoms with Gasteiger partial charge in [0.2, 0.25) is 5.91 Å². The molecule has 1 unspecified atom stereocenters. The summed E-state index contributed by atoms with van der Waals surface area (Å²) in [4.78, 5) is 17.3. The second-order valence-electron chi connectivity index (χ2n) is 8.10. The summed E-state index contributed by atoms with van der Waals surface area (Å²) in [5.41, 5.74) is 3.79. The molecule has 2 aromatic heterocycles. The first-order chi connectivity index (χ1) is 16.5. The third kappa shape index (κ3) is 4.00. The molecule has 1 atom stereocenters. The summed E-state index contributed by atoms with van der Waals surface area (Å²) in [5, 5.41) is 15.8. The highest BCUT2D eigenvalue weighted by molar-refractivity contribution is 5.95. The number of benzene rings is 2. The second-order valence-corrected chi connectivity index (χ2v) is 8.10. The number of nitrogens with one attached hydrogen (secondary N) is 1. The van der Waals surface area contributed by atoms with Crippen molar-refractivity contribution in [3.05, 3.63) is 77.4 Å². The van der Waals surface area contributed by atoms with Crippen LogP contribution in [-0.4, -0.2) is 37.5 Å². The number of hydrogen-bond donors (Lipinski definition) is 1. The van der Waals surface area contributed by atoms with E-state index in [1.165, 1.54) is 23.0 Å². The first-order valence-electron chi connectivity index (χ1n) is 11.1. The van der Waals surface area contributed by atoms with Gasteiger partial charge in [0.1, 0.15) is 17.4 Å². The summed E-state index contributed by atoms with van der Waals surface area (Å²) in [6.45, 7) is 4.54. The molecule has 0 aliphatic carbocycles. The molecule has 8 nitrogen and oxygen atoms in total. The van der Waals surface area contributed by atoms with Crippen LogP contribution in [0.1, 0.15) is 42.5 Å². The Kier molecular flexibility index (Phi) is 5.75. The molecule has 0 spiro atoms. The van der Waals surface area contributed by atoms with Crippen molar-refractivity contribution in [3.63, 3.8) is 0 Å².